The Morgan fingerprint density at radius 1 is 0.706 bits per heavy atom. The van der Waals surface area contributed by atoms with E-state index in [1.165, 1.54) is 0 Å². The van der Waals surface area contributed by atoms with Gasteiger partial charge in [0.2, 0.25) is 11.8 Å². The van der Waals surface area contributed by atoms with Crippen molar-refractivity contribution in [2.45, 2.75) is 51.4 Å². The van der Waals surface area contributed by atoms with Crippen LogP contribution in [-0.4, -0.2) is 48.0 Å². The Hall–Kier alpha value is -3.16. The SMILES string of the molecule is O=C(Nc1cccnc1N1CCCC1)C1CCCC(C(=O)Nc2cccnc2N2CCCC2)C1. The Morgan fingerprint density at radius 2 is 1.15 bits per heavy atom. The lowest BCUT2D eigenvalue weighted by Gasteiger charge is -2.29. The fourth-order valence-corrected chi connectivity index (χ4v) is 5.49. The van der Waals surface area contributed by atoms with Crippen molar-refractivity contribution < 1.29 is 9.59 Å². The summed E-state index contributed by atoms with van der Waals surface area (Å²) in [5, 5.41) is 6.24. The molecule has 0 spiro atoms. The topological polar surface area (TPSA) is 90.5 Å². The number of anilines is 4. The highest BCUT2D eigenvalue weighted by Gasteiger charge is 2.32. The maximum Gasteiger partial charge on any atom is 0.227 e. The van der Waals surface area contributed by atoms with Crippen molar-refractivity contribution in [2.75, 3.05) is 46.6 Å². The zero-order valence-electron chi connectivity index (χ0n) is 19.7. The van der Waals surface area contributed by atoms with Gasteiger partial charge in [0.15, 0.2) is 11.6 Å². The fraction of sp³-hybridized carbons (Fsp3) is 0.538. The molecule has 3 aliphatic rings. The van der Waals surface area contributed by atoms with Crippen molar-refractivity contribution >= 4 is 34.8 Å². The monoisotopic (exact) mass is 462 g/mol. The van der Waals surface area contributed by atoms with E-state index in [1.54, 1.807) is 12.4 Å². The Bertz CT molecular complexity index is 936. The zero-order chi connectivity index (χ0) is 23.3. The summed E-state index contributed by atoms with van der Waals surface area (Å²) in [6.07, 6.45) is 11.2. The molecule has 3 fully saturated rings. The summed E-state index contributed by atoms with van der Waals surface area (Å²) < 4.78 is 0. The van der Waals surface area contributed by atoms with Gasteiger partial charge in [-0.1, -0.05) is 6.42 Å². The number of carbonyl (C=O) groups is 2. The third-order valence-corrected chi connectivity index (χ3v) is 7.32. The van der Waals surface area contributed by atoms with E-state index in [1.807, 2.05) is 24.3 Å². The summed E-state index contributed by atoms with van der Waals surface area (Å²) in [6.45, 7) is 3.89. The molecule has 4 heterocycles. The van der Waals surface area contributed by atoms with E-state index in [4.69, 9.17) is 0 Å². The number of hydrogen-bond donors (Lipinski definition) is 2. The number of carbonyl (C=O) groups excluding carboxylic acids is 2. The Morgan fingerprint density at radius 3 is 1.59 bits per heavy atom. The van der Waals surface area contributed by atoms with Crippen LogP contribution in [0.25, 0.3) is 0 Å². The highest BCUT2D eigenvalue weighted by Crippen LogP contribution is 2.34. The summed E-state index contributed by atoms with van der Waals surface area (Å²) in [7, 11) is 0. The predicted molar refractivity (Wildman–Crippen MR) is 134 cm³/mol. The number of pyridine rings is 2. The molecule has 2 atom stereocenters. The van der Waals surface area contributed by atoms with Crippen molar-refractivity contribution in [1.29, 1.82) is 0 Å². The van der Waals surface area contributed by atoms with Gasteiger partial charge in [-0.3, -0.25) is 9.59 Å². The molecule has 0 bridgehead atoms. The molecule has 2 unspecified atom stereocenters. The van der Waals surface area contributed by atoms with Crippen molar-refractivity contribution in [3.8, 4) is 0 Å². The first-order valence-corrected chi connectivity index (χ1v) is 12.7. The Balaban J connectivity index is 1.22. The van der Waals surface area contributed by atoms with Crippen LogP contribution in [0.3, 0.4) is 0 Å². The molecule has 2 saturated heterocycles. The molecule has 1 saturated carbocycles. The minimum atomic E-state index is -0.178. The molecule has 8 nitrogen and oxygen atoms in total. The highest BCUT2D eigenvalue weighted by atomic mass is 16.2. The van der Waals surface area contributed by atoms with Gasteiger partial charge in [0.25, 0.3) is 0 Å². The van der Waals surface area contributed by atoms with Crippen LogP contribution in [0.15, 0.2) is 36.7 Å². The van der Waals surface area contributed by atoms with Crippen molar-refractivity contribution in [3.63, 3.8) is 0 Å². The second-order valence-electron chi connectivity index (χ2n) is 9.68. The van der Waals surface area contributed by atoms with Gasteiger partial charge in [-0.05, 0) is 69.2 Å². The molecule has 2 aromatic rings. The van der Waals surface area contributed by atoms with Gasteiger partial charge in [0, 0.05) is 50.4 Å². The molecular weight excluding hydrogens is 428 g/mol. The van der Waals surface area contributed by atoms with Crippen LogP contribution in [0.5, 0.6) is 0 Å². The van der Waals surface area contributed by atoms with Gasteiger partial charge >= 0.3 is 0 Å². The maximum atomic E-state index is 13.2. The third-order valence-electron chi connectivity index (χ3n) is 7.32. The average Bonchev–Trinajstić information content (AvgIpc) is 3.60. The Labute approximate surface area is 201 Å². The van der Waals surface area contributed by atoms with Crippen molar-refractivity contribution in [1.82, 2.24) is 9.97 Å². The molecule has 0 radical (unpaired) electrons. The lowest BCUT2D eigenvalue weighted by molar-refractivity contribution is -0.124. The van der Waals surface area contributed by atoms with E-state index >= 15 is 0 Å². The van der Waals surface area contributed by atoms with E-state index in [0.717, 1.165) is 94.1 Å². The minimum Gasteiger partial charge on any atom is -0.355 e. The molecule has 1 aliphatic carbocycles. The molecule has 2 amide bonds. The first-order chi connectivity index (χ1) is 16.7. The molecule has 0 aromatic carbocycles. The van der Waals surface area contributed by atoms with E-state index in [-0.39, 0.29) is 23.7 Å². The van der Waals surface area contributed by atoms with Crippen LogP contribution in [0.4, 0.5) is 23.0 Å². The summed E-state index contributed by atoms with van der Waals surface area (Å²) >= 11 is 0. The van der Waals surface area contributed by atoms with Gasteiger partial charge in [0.05, 0.1) is 11.4 Å². The largest absolute Gasteiger partial charge is 0.355 e. The molecule has 2 aliphatic heterocycles. The second kappa shape index (κ2) is 10.4. The first-order valence-electron chi connectivity index (χ1n) is 12.7. The minimum absolute atomic E-state index is 0.00918. The number of nitrogens with zero attached hydrogens (tertiary/aromatic N) is 4. The summed E-state index contributed by atoms with van der Waals surface area (Å²) in [6, 6.07) is 7.57. The number of aromatic nitrogens is 2. The Kier molecular flexibility index (Phi) is 6.92. The standard InChI is InChI=1S/C26H34N6O2/c33-25(29-21-10-6-12-27-23(21)31-14-1-2-15-31)19-8-5-9-20(18-19)26(34)30-22-11-7-13-28-24(22)32-16-3-4-17-32/h6-7,10-13,19-20H,1-5,8-9,14-18H2,(H,29,33)(H,30,34). The van der Waals surface area contributed by atoms with Crippen LogP contribution >= 0.6 is 0 Å². The molecule has 8 heteroatoms. The van der Waals surface area contributed by atoms with Crippen LogP contribution in [0.2, 0.25) is 0 Å². The lowest BCUT2D eigenvalue weighted by Crippen LogP contribution is -2.34. The van der Waals surface area contributed by atoms with E-state index < -0.39 is 0 Å². The zero-order valence-corrected chi connectivity index (χ0v) is 19.7. The van der Waals surface area contributed by atoms with Gasteiger partial charge in [-0.2, -0.15) is 0 Å². The third kappa shape index (κ3) is 5.00. The number of nitrogens with one attached hydrogen (secondary N) is 2. The highest BCUT2D eigenvalue weighted by molar-refractivity contribution is 5.98. The average molecular weight is 463 g/mol. The number of rotatable bonds is 6. The van der Waals surface area contributed by atoms with Crippen molar-refractivity contribution in [3.05, 3.63) is 36.7 Å². The van der Waals surface area contributed by atoms with Gasteiger partial charge in [-0.15, -0.1) is 0 Å². The molecule has 2 N–H and O–H groups in total. The smallest absolute Gasteiger partial charge is 0.227 e. The molecular formula is C26H34N6O2. The summed E-state index contributed by atoms with van der Waals surface area (Å²) in [4.78, 5) is 39.9. The van der Waals surface area contributed by atoms with Crippen LogP contribution in [0, 0.1) is 11.8 Å². The first kappa shape index (κ1) is 22.6. The maximum absolute atomic E-state index is 13.2. The fourth-order valence-electron chi connectivity index (χ4n) is 5.49. The van der Waals surface area contributed by atoms with Crippen LogP contribution in [0.1, 0.15) is 51.4 Å². The predicted octanol–water partition coefficient (Wildman–Crippen LogP) is 4.06. The van der Waals surface area contributed by atoms with Gasteiger partial charge in [0.1, 0.15) is 0 Å². The van der Waals surface area contributed by atoms with Gasteiger partial charge in [-0.25, -0.2) is 9.97 Å². The molecule has 5 rings (SSSR count). The van der Waals surface area contributed by atoms with Crippen LogP contribution in [-0.2, 0) is 9.59 Å². The molecule has 180 valence electrons. The summed E-state index contributed by atoms with van der Waals surface area (Å²) in [5.74, 6) is 1.33. The molecule has 34 heavy (non-hydrogen) atoms. The van der Waals surface area contributed by atoms with Gasteiger partial charge < -0.3 is 20.4 Å². The summed E-state index contributed by atoms with van der Waals surface area (Å²) in [5.41, 5.74) is 1.54. The quantitative estimate of drug-likeness (QED) is 0.673. The van der Waals surface area contributed by atoms with E-state index in [0.29, 0.717) is 6.42 Å². The number of hydrogen-bond acceptors (Lipinski definition) is 6. The van der Waals surface area contributed by atoms with Crippen LogP contribution < -0.4 is 20.4 Å². The lowest BCUT2D eigenvalue weighted by atomic mass is 9.80. The number of amides is 2. The van der Waals surface area contributed by atoms with Crippen molar-refractivity contribution in [2.24, 2.45) is 11.8 Å². The normalized spacial score (nSPS) is 22.6. The van der Waals surface area contributed by atoms with E-state index in [9.17, 15) is 9.59 Å². The second-order valence-corrected chi connectivity index (χ2v) is 9.68. The molecule has 2 aromatic heterocycles. The van der Waals surface area contributed by atoms with E-state index in [2.05, 4.69) is 30.4 Å².